The molecule has 0 spiro atoms. The molecule has 25 heavy (non-hydrogen) atoms. The Hall–Kier alpha value is -2.30. The number of hydrogen-bond donors (Lipinski definition) is 2. The van der Waals surface area contributed by atoms with E-state index in [0.29, 0.717) is 19.6 Å². The van der Waals surface area contributed by atoms with Crippen LogP contribution < -0.4 is 9.47 Å². The van der Waals surface area contributed by atoms with Crippen LogP contribution in [0.5, 0.6) is 11.5 Å². The van der Waals surface area contributed by atoms with Crippen LogP contribution in [0.3, 0.4) is 0 Å². The van der Waals surface area contributed by atoms with Gasteiger partial charge in [-0.25, -0.2) is 0 Å². The van der Waals surface area contributed by atoms with Gasteiger partial charge in [-0.1, -0.05) is 42.5 Å². The summed E-state index contributed by atoms with van der Waals surface area (Å²) in [5.41, 5.74) is 1.13. The minimum Gasteiger partial charge on any atom is -0.494 e. The Morgan fingerprint density at radius 3 is 2.04 bits per heavy atom. The lowest BCUT2D eigenvalue weighted by atomic mass is 10.1. The van der Waals surface area contributed by atoms with Crippen molar-refractivity contribution in [2.24, 2.45) is 0 Å². The molecule has 2 rings (SSSR count). The molecule has 0 amide bonds. The molecule has 2 aromatic carbocycles. The number of para-hydroxylation sites is 1. The van der Waals surface area contributed by atoms with Crippen molar-refractivity contribution in [3.05, 3.63) is 72.3 Å². The van der Waals surface area contributed by atoms with E-state index < -0.39 is 6.10 Å². The van der Waals surface area contributed by atoms with Crippen molar-refractivity contribution in [2.75, 3.05) is 19.8 Å². The van der Waals surface area contributed by atoms with Crippen molar-refractivity contribution < 1.29 is 19.7 Å². The average molecular weight is 342 g/mol. The van der Waals surface area contributed by atoms with E-state index in [1.54, 1.807) is 6.08 Å². The molecular formula is C21H26O4. The van der Waals surface area contributed by atoms with Gasteiger partial charge in [-0.3, -0.25) is 0 Å². The Morgan fingerprint density at radius 1 is 0.840 bits per heavy atom. The number of ether oxygens (including phenoxy) is 2. The molecule has 0 aliphatic rings. The minimum atomic E-state index is -0.784. The highest BCUT2D eigenvalue weighted by Crippen LogP contribution is 2.14. The van der Waals surface area contributed by atoms with Crippen LogP contribution in [0.2, 0.25) is 0 Å². The zero-order valence-corrected chi connectivity index (χ0v) is 14.4. The van der Waals surface area contributed by atoms with Crippen LogP contribution in [0.1, 0.15) is 18.4 Å². The molecule has 0 heterocycles. The molecular weight excluding hydrogens is 316 g/mol. The van der Waals surface area contributed by atoms with E-state index in [2.05, 4.69) is 0 Å². The maximum absolute atomic E-state index is 9.24. The van der Waals surface area contributed by atoms with E-state index in [1.807, 2.05) is 60.7 Å². The molecule has 0 aliphatic heterocycles. The van der Waals surface area contributed by atoms with Crippen LogP contribution in [-0.4, -0.2) is 36.1 Å². The van der Waals surface area contributed by atoms with Gasteiger partial charge in [0.2, 0.25) is 0 Å². The molecule has 1 atom stereocenters. The molecule has 2 aromatic rings. The summed E-state index contributed by atoms with van der Waals surface area (Å²) in [7, 11) is 0. The van der Waals surface area contributed by atoms with E-state index in [9.17, 15) is 5.11 Å². The molecule has 0 bridgehead atoms. The molecule has 4 heteroatoms. The third kappa shape index (κ3) is 7.88. The fourth-order valence-electron chi connectivity index (χ4n) is 2.24. The Bertz CT molecular complexity index is 608. The van der Waals surface area contributed by atoms with Gasteiger partial charge in [-0.05, 0) is 49.1 Å². The Morgan fingerprint density at radius 2 is 1.44 bits per heavy atom. The molecule has 0 saturated heterocycles. The molecule has 0 aromatic heterocycles. The van der Waals surface area contributed by atoms with Gasteiger partial charge in [-0.15, -0.1) is 0 Å². The summed E-state index contributed by atoms with van der Waals surface area (Å²) in [6.45, 7) is 1.11. The van der Waals surface area contributed by atoms with Crippen molar-refractivity contribution in [3.8, 4) is 11.5 Å². The van der Waals surface area contributed by atoms with E-state index >= 15 is 0 Å². The van der Waals surface area contributed by atoms with Crippen molar-refractivity contribution in [2.45, 2.75) is 25.4 Å². The van der Waals surface area contributed by atoms with Crippen LogP contribution in [0.4, 0.5) is 0 Å². The van der Waals surface area contributed by atoms with Gasteiger partial charge in [0.05, 0.1) is 25.9 Å². The van der Waals surface area contributed by atoms with Crippen molar-refractivity contribution in [3.63, 3.8) is 0 Å². The first-order chi connectivity index (χ1) is 12.3. The largest absolute Gasteiger partial charge is 0.494 e. The van der Waals surface area contributed by atoms with Crippen molar-refractivity contribution in [1.82, 2.24) is 0 Å². The lowest BCUT2D eigenvalue weighted by molar-refractivity contribution is 0.131. The highest BCUT2D eigenvalue weighted by molar-refractivity contribution is 5.28. The van der Waals surface area contributed by atoms with Gasteiger partial charge in [0.15, 0.2) is 0 Å². The van der Waals surface area contributed by atoms with Gasteiger partial charge in [0, 0.05) is 0 Å². The van der Waals surface area contributed by atoms with E-state index in [-0.39, 0.29) is 6.61 Å². The predicted molar refractivity (Wildman–Crippen MR) is 99.0 cm³/mol. The molecule has 134 valence electrons. The molecule has 0 saturated carbocycles. The summed E-state index contributed by atoms with van der Waals surface area (Å²) < 4.78 is 11.4. The maximum atomic E-state index is 9.24. The van der Waals surface area contributed by atoms with Crippen molar-refractivity contribution in [1.29, 1.82) is 0 Å². The van der Waals surface area contributed by atoms with E-state index in [1.165, 1.54) is 0 Å². The summed E-state index contributed by atoms with van der Waals surface area (Å²) in [5.74, 6) is 1.76. The fraction of sp³-hybridized carbons (Fsp3) is 0.333. The first kappa shape index (κ1) is 19.0. The molecule has 0 aliphatic carbocycles. The third-order valence-electron chi connectivity index (χ3n) is 3.64. The normalized spacial score (nSPS) is 12.2. The maximum Gasteiger partial charge on any atom is 0.119 e. The summed E-state index contributed by atoms with van der Waals surface area (Å²) in [5, 5.41) is 18.0. The van der Waals surface area contributed by atoms with Crippen LogP contribution in [-0.2, 0) is 6.42 Å². The van der Waals surface area contributed by atoms with Gasteiger partial charge in [0.25, 0.3) is 0 Å². The standard InChI is InChI=1S/C21H26O4/c22-17-19(23)8-6-7-18-11-13-21(14-12-18)25-16-5-4-15-24-20-9-2-1-3-10-20/h1-3,6,8-14,19,22-23H,4-5,7,15-17H2/b8-6-/t19-/m0/s1. The topological polar surface area (TPSA) is 58.9 Å². The van der Waals surface area contributed by atoms with Gasteiger partial charge in [0.1, 0.15) is 11.5 Å². The van der Waals surface area contributed by atoms with Crippen molar-refractivity contribution >= 4 is 0 Å². The summed E-state index contributed by atoms with van der Waals surface area (Å²) in [6.07, 6.45) is 5.27. The number of rotatable bonds is 11. The summed E-state index contributed by atoms with van der Waals surface area (Å²) in [6, 6.07) is 17.7. The molecule has 2 N–H and O–H groups in total. The van der Waals surface area contributed by atoms with Gasteiger partial charge in [-0.2, -0.15) is 0 Å². The lowest BCUT2D eigenvalue weighted by Gasteiger charge is -2.08. The summed E-state index contributed by atoms with van der Waals surface area (Å²) >= 11 is 0. The predicted octanol–water partition coefficient (Wildman–Crippen LogP) is 3.38. The second-order valence-corrected chi connectivity index (χ2v) is 5.74. The monoisotopic (exact) mass is 342 g/mol. The smallest absolute Gasteiger partial charge is 0.119 e. The second kappa shape index (κ2) is 11.3. The Balaban J connectivity index is 1.59. The highest BCUT2D eigenvalue weighted by atomic mass is 16.5. The summed E-state index contributed by atoms with van der Waals surface area (Å²) in [4.78, 5) is 0. The molecule has 4 nitrogen and oxygen atoms in total. The molecule has 0 unspecified atom stereocenters. The number of aliphatic hydroxyl groups excluding tert-OH is 2. The Kier molecular flexibility index (Phi) is 8.59. The third-order valence-corrected chi connectivity index (χ3v) is 3.64. The lowest BCUT2D eigenvalue weighted by Crippen LogP contribution is -2.07. The Labute approximate surface area is 149 Å². The number of benzene rings is 2. The first-order valence-electron chi connectivity index (χ1n) is 8.63. The number of unbranched alkanes of at least 4 members (excludes halogenated alkanes) is 1. The second-order valence-electron chi connectivity index (χ2n) is 5.74. The van der Waals surface area contributed by atoms with E-state index in [4.69, 9.17) is 14.6 Å². The SMILES string of the molecule is OC[C@@H](O)/C=C\Cc1ccc(OCCCCOc2ccccc2)cc1. The zero-order chi connectivity index (χ0) is 17.7. The quantitative estimate of drug-likeness (QED) is 0.485. The van der Waals surface area contributed by atoms with Crippen LogP contribution in [0, 0.1) is 0 Å². The number of hydrogen-bond acceptors (Lipinski definition) is 4. The first-order valence-corrected chi connectivity index (χ1v) is 8.63. The average Bonchev–Trinajstić information content (AvgIpc) is 2.66. The number of aliphatic hydroxyl groups is 2. The van der Waals surface area contributed by atoms with Crippen LogP contribution in [0.15, 0.2) is 66.7 Å². The van der Waals surface area contributed by atoms with Crippen LogP contribution >= 0.6 is 0 Å². The fourth-order valence-corrected chi connectivity index (χ4v) is 2.24. The molecule has 0 fully saturated rings. The van der Waals surface area contributed by atoms with Gasteiger partial charge < -0.3 is 19.7 Å². The highest BCUT2D eigenvalue weighted by Gasteiger charge is 1.97. The minimum absolute atomic E-state index is 0.250. The van der Waals surface area contributed by atoms with Gasteiger partial charge >= 0.3 is 0 Å². The zero-order valence-electron chi connectivity index (χ0n) is 14.4. The van der Waals surface area contributed by atoms with E-state index in [0.717, 1.165) is 29.9 Å². The van der Waals surface area contributed by atoms with Crippen LogP contribution in [0.25, 0.3) is 0 Å². The number of allylic oxidation sites excluding steroid dienone is 1. The molecule has 0 radical (unpaired) electrons.